The van der Waals surface area contributed by atoms with Crippen LogP contribution in [0.5, 0.6) is 0 Å². The standard InChI is InChI=1S/C13H12BrClN2S/c14-12-6-9-10(2-1-3-11(9)18-12)17-8-4-5-13(15)16-7-8/h4-7,10,17H,1-3H2. The minimum atomic E-state index is 0.388. The van der Waals surface area contributed by atoms with Crippen LogP contribution in [0.3, 0.4) is 0 Å². The number of nitrogens with zero attached hydrogens (tertiary/aromatic N) is 1. The van der Waals surface area contributed by atoms with Crippen molar-refractivity contribution in [3.05, 3.63) is 43.8 Å². The van der Waals surface area contributed by atoms with Crippen LogP contribution in [0.25, 0.3) is 0 Å². The van der Waals surface area contributed by atoms with E-state index in [1.807, 2.05) is 23.5 Å². The van der Waals surface area contributed by atoms with E-state index in [-0.39, 0.29) is 0 Å². The van der Waals surface area contributed by atoms with Crippen LogP contribution in [0.2, 0.25) is 5.15 Å². The molecule has 2 aromatic heterocycles. The van der Waals surface area contributed by atoms with Crippen molar-refractivity contribution < 1.29 is 0 Å². The molecule has 0 fully saturated rings. The molecule has 0 amide bonds. The lowest BCUT2D eigenvalue weighted by Gasteiger charge is -2.24. The van der Waals surface area contributed by atoms with Crippen LogP contribution in [0, 0.1) is 0 Å². The van der Waals surface area contributed by atoms with Gasteiger partial charge in [0.1, 0.15) is 5.15 Å². The zero-order chi connectivity index (χ0) is 12.5. The molecular weight excluding hydrogens is 332 g/mol. The second-order valence-corrected chi connectivity index (χ2v) is 7.29. The van der Waals surface area contributed by atoms with Crippen LogP contribution >= 0.6 is 38.9 Å². The molecule has 1 N–H and O–H groups in total. The molecule has 3 rings (SSSR count). The van der Waals surface area contributed by atoms with Gasteiger partial charge in [-0.15, -0.1) is 11.3 Å². The van der Waals surface area contributed by atoms with Gasteiger partial charge in [0.15, 0.2) is 0 Å². The van der Waals surface area contributed by atoms with Crippen LogP contribution in [0.1, 0.15) is 29.3 Å². The van der Waals surface area contributed by atoms with E-state index in [9.17, 15) is 0 Å². The highest BCUT2D eigenvalue weighted by atomic mass is 79.9. The lowest BCUT2D eigenvalue weighted by atomic mass is 9.94. The summed E-state index contributed by atoms with van der Waals surface area (Å²) in [5.41, 5.74) is 2.45. The first-order chi connectivity index (χ1) is 8.72. The maximum atomic E-state index is 5.80. The highest BCUT2D eigenvalue weighted by Crippen LogP contribution is 2.39. The summed E-state index contributed by atoms with van der Waals surface area (Å²) in [7, 11) is 0. The van der Waals surface area contributed by atoms with Gasteiger partial charge < -0.3 is 5.32 Å². The second-order valence-electron chi connectivity index (χ2n) is 4.39. The number of hydrogen-bond acceptors (Lipinski definition) is 3. The van der Waals surface area contributed by atoms with Gasteiger partial charge in [-0.25, -0.2) is 4.98 Å². The second kappa shape index (κ2) is 5.19. The van der Waals surface area contributed by atoms with E-state index in [1.54, 1.807) is 6.20 Å². The molecule has 1 atom stereocenters. The molecule has 0 aliphatic heterocycles. The molecule has 0 radical (unpaired) electrons. The first-order valence-corrected chi connectivity index (χ1v) is 7.87. The van der Waals surface area contributed by atoms with Gasteiger partial charge in [-0.1, -0.05) is 11.6 Å². The van der Waals surface area contributed by atoms with Crippen LogP contribution < -0.4 is 5.32 Å². The molecule has 1 unspecified atom stereocenters. The lowest BCUT2D eigenvalue weighted by Crippen LogP contribution is -2.15. The normalized spacial score (nSPS) is 18.4. The van der Waals surface area contributed by atoms with Gasteiger partial charge in [-0.3, -0.25) is 0 Å². The highest BCUT2D eigenvalue weighted by molar-refractivity contribution is 9.11. The third-order valence-electron chi connectivity index (χ3n) is 3.15. The summed E-state index contributed by atoms with van der Waals surface area (Å²) in [5.74, 6) is 0. The van der Waals surface area contributed by atoms with Crippen molar-refractivity contribution in [2.45, 2.75) is 25.3 Å². The van der Waals surface area contributed by atoms with Crippen molar-refractivity contribution in [2.24, 2.45) is 0 Å². The zero-order valence-corrected chi connectivity index (χ0v) is 12.8. The van der Waals surface area contributed by atoms with Crippen LogP contribution in [-0.2, 0) is 6.42 Å². The number of anilines is 1. The Morgan fingerprint density at radius 1 is 1.44 bits per heavy atom. The Hall–Kier alpha value is -0.580. The fraction of sp³-hybridized carbons (Fsp3) is 0.308. The number of hydrogen-bond donors (Lipinski definition) is 1. The zero-order valence-electron chi connectivity index (χ0n) is 9.62. The molecule has 94 valence electrons. The number of pyridine rings is 1. The molecule has 2 aromatic rings. The maximum absolute atomic E-state index is 5.80. The SMILES string of the molecule is Clc1ccc(NC2CCCc3sc(Br)cc32)cn1. The van der Waals surface area contributed by atoms with E-state index < -0.39 is 0 Å². The Kier molecular flexibility index (Phi) is 3.59. The first-order valence-electron chi connectivity index (χ1n) is 5.88. The largest absolute Gasteiger partial charge is 0.377 e. The summed E-state index contributed by atoms with van der Waals surface area (Å²) in [5, 5.41) is 4.07. The number of halogens is 2. The van der Waals surface area contributed by atoms with E-state index in [2.05, 4.69) is 32.3 Å². The monoisotopic (exact) mass is 342 g/mol. The predicted molar refractivity (Wildman–Crippen MR) is 80.6 cm³/mol. The van der Waals surface area contributed by atoms with E-state index >= 15 is 0 Å². The molecule has 5 heteroatoms. The Balaban J connectivity index is 1.83. The average molecular weight is 344 g/mol. The van der Waals surface area contributed by atoms with Crippen molar-refractivity contribution in [3.63, 3.8) is 0 Å². The van der Waals surface area contributed by atoms with Gasteiger partial charge in [0.05, 0.1) is 21.7 Å². The fourth-order valence-electron chi connectivity index (χ4n) is 2.33. The summed E-state index contributed by atoms with van der Waals surface area (Å²) in [6, 6.07) is 6.42. The molecule has 2 nitrogen and oxygen atoms in total. The Labute approximate surface area is 124 Å². The van der Waals surface area contributed by atoms with Crippen molar-refractivity contribution >= 4 is 44.6 Å². The Morgan fingerprint density at radius 2 is 2.33 bits per heavy atom. The maximum Gasteiger partial charge on any atom is 0.129 e. The summed E-state index contributed by atoms with van der Waals surface area (Å²) in [6.45, 7) is 0. The van der Waals surface area contributed by atoms with Crippen molar-refractivity contribution in [3.8, 4) is 0 Å². The van der Waals surface area contributed by atoms with Gasteiger partial charge in [0.2, 0.25) is 0 Å². The number of nitrogens with one attached hydrogen (secondary N) is 1. The van der Waals surface area contributed by atoms with E-state index in [0.717, 1.165) is 5.69 Å². The molecule has 0 saturated carbocycles. The Morgan fingerprint density at radius 3 is 3.11 bits per heavy atom. The quantitative estimate of drug-likeness (QED) is 0.772. The van der Waals surface area contributed by atoms with Crippen molar-refractivity contribution in [1.29, 1.82) is 0 Å². The third-order valence-corrected chi connectivity index (χ3v) is 5.09. The molecule has 0 aromatic carbocycles. The Bertz CT molecular complexity index is 553. The lowest BCUT2D eigenvalue weighted by molar-refractivity contribution is 0.608. The van der Waals surface area contributed by atoms with E-state index in [4.69, 9.17) is 11.6 Å². The molecule has 0 spiro atoms. The molecular formula is C13H12BrClN2S. The average Bonchev–Trinajstić information content (AvgIpc) is 2.73. The predicted octanol–water partition coefficient (Wildman–Crippen LogP) is 5.05. The van der Waals surface area contributed by atoms with E-state index in [0.29, 0.717) is 11.2 Å². The number of rotatable bonds is 2. The smallest absolute Gasteiger partial charge is 0.129 e. The molecule has 1 aliphatic carbocycles. The number of aryl methyl sites for hydroxylation is 1. The summed E-state index contributed by atoms with van der Waals surface area (Å²) in [6.07, 6.45) is 5.39. The minimum absolute atomic E-state index is 0.388. The van der Waals surface area contributed by atoms with Crippen LogP contribution in [0.15, 0.2) is 28.2 Å². The van der Waals surface area contributed by atoms with Crippen molar-refractivity contribution in [2.75, 3.05) is 5.32 Å². The molecule has 0 bridgehead atoms. The van der Waals surface area contributed by atoms with Gasteiger partial charge in [0, 0.05) is 4.88 Å². The van der Waals surface area contributed by atoms with Gasteiger partial charge in [0.25, 0.3) is 0 Å². The third kappa shape index (κ3) is 2.56. The van der Waals surface area contributed by atoms with Crippen LogP contribution in [0.4, 0.5) is 5.69 Å². The van der Waals surface area contributed by atoms with Gasteiger partial charge in [-0.2, -0.15) is 0 Å². The van der Waals surface area contributed by atoms with Gasteiger partial charge >= 0.3 is 0 Å². The number of thiophene rings is 1. The summed E-state index contributed by atoms with van der Waals surface area (Å²) < 4.78 is 1.22. The van der Waals surface area contributed by atoms with E-state index in [1.165, 1.54) is 33.5 Å². The number of fused-ring (bicyclic) bond motifs is 1. The number of aromatic nitrogens is 1. The summed E-state index contributed by atoms with van der Waals surface area (Å²) >= 11 is 11.2. The molecule has 1 aliphatic rings. The molecule has 18 heavy (non-hydrogen) atoms. The highest BCUT2D eigenvalue weighted by Gasteiger charge is 2.22. The molecule has 2 heterocycles. The minimum Gasteiger partial charge on any atom is -0.377 e. The fourth-order valence-corrected chi connectivity index (χ4v) is 4.26. The van der Waals surface area contributed by atoms with Gasteiger partial charge in [-0.05, 0) is 59.0 Å². The first kappa shape index (κ1) is 12.5. The summed E-state index contributed by atoms with van der Waals surface area (Å²) in [4.78, 5) is 5.60. The molecule has 0 saturated heterocycles. The van der Waals surface area contributed by atoms with Crippen molar-refractivity contribution in [1.82, 2.24) is 4.98 Å². The topological polar surface area (TPSA) is 24.9 Å². The van der Waals surface area contributed by atoms with Crippen LogP contribution in [-0.4, -0.2) is 4.98 Å².